The zero-order valence-electron chi connectivity index (χ0n) is 7.87. The number of benzene rings is 1. The molecule has 2 rings (SSSR count). The zero-order chi connectivity index (χ0) is 11.2. The van der Waals surface area contributed by atoms with Gasteiger partial charge in [-0.2, -0.15) is 0 Å². The number of aromatic amines is 1. The molecule has 1 aromatic heterocycles. The normalized spacial score (nSPS) is 11.3. The minimum absolute atomic E-state index is 0.115. The number of nitrogens with one attached hydrogen (secondary N) is 1. The lowest BCUT2D eigenvalue weighted by Crippen LogP contribution is -1.91. The molecule has 80 valence electrons. The Morgan fingerprint density at radius 2 is 1.93 bits per heavy atom. The number of hydrogen-bond acceptors (Lipinski definition) is 1. The lowest BCUT2D eigenvalue weighted by Gasteiger charge is -1.99. The lowest BCUT2D eigenvalue weighted by atomic mass is 10.1. The first-order valence-corrected chi connectivity index (χ1v) is 4.31. The third-order valence-corrected chi connectivity index (χ3v) is 2.40. The Balaban J connectivity index is 2.97. The van der Waals surface area contributed by atoms with Crippen LogP contribution in [0.2, 0.25) is 0 Å². The molecule has 5 heteroatoms. The van der Waals surface area contributed by atoms with Crippen molar-refractivity contribution in [2.75, 3.05) is 0 Å². The highest BCUT2D eigenvalue weighted by molar-refractivity contribution is 5.85. The Kier molecular flexibility index (Phi) is 2.19. The van der Waals surface area contributed by atoms with E-state index in [0.717, 1.165) is 0 Å². The Morgan fingerprint density at radius 3 is 2.53 bits per heavy atom. The van der Waals surface area contributed by atoms with Gasteiger partial charge in [-0.1, -0.05) is 0 Å². The Labute approximate surface area is 83.3 Å². The van der Waals surface area contributed by atoms with E-state index in [1.165, 1.54) is 0 Å². The van der Waals surface area contributed by atoms with Gasteiger partial charge in [0.1, 0.15) is 5.82 Å². The number of aromatic nitrogens is 1. The molecule has 0 radical (unpaired) electrons. The van der Waals surface area contributed by atoms with Crippen LogP contribution in [0.3, 0.4) is 0 Å². The predicted molar refractivity (Wildman–Crippen MR) is 48.8 cm³/mol. The minimum Gasteiger partial charge on any atom is -0.392 e. The summed E-state index contributed by atoms with van der Waals surface area (Å²) in [6.45, 7) is 1.09. The number of aliphatic hydroxyl groups excluding tert-OH is 1. The number of hydrogen-bond donors (Lipinski definition) is 2. The maximum atomic E-state index is 13.4. The van der Waals surface area contributed by atoms with E-state index in [1.54, 1.807) is 6.92 Å². The summed E-state index contributed by atoms with van der Waals surface area (Å²) in [4.78, 5) is 2.57. The average molecular weight is 215 g/mol. The van der Waals surface area contributed by atoms with Crippen LogP contribution < -0.4 is 0 Å². The van der Waals surface area contributed by atoms with Gasteiger partial charge in [0.15, 0.2) is 11.6 Å². The number of rotatable bonds is 1. The lowest BCUT2D eigenvalue weighted by molar-refractivity contribution is 0.282. The Bertz CT molecular complexity index is 533. The van der Waals surface area contributed by atoms with Crippen molar-refractivity contribution in [3.8, 4) is 0 Å². The number of aryl methyl sites for hydroxylation is 1. The van der Waals surface area contributed by atoms with Crippen molar-refractivity contribution >= 4 is 10.9 Å². The van der Waals surface area contributed by atoms with Crippen LogP contribution in [0.1, 0.15) is 11.3 Å². The molecule has 2 N–H and O–H groups in total. The molecule has 2 aromatic rings. The second-order valence-corrected chi connectivity index (χ2v) is 3.29. The van der Waals surface area contributed by atoms with Crippen LogP contribution >= 0.6 is 0 Å². The monoisotopic (exact) mass is 215 g/mol. The Hall–Kier alpha value is -1.49. The fraction of sp³-hybridized carbons (Fsp3) is 0.200. The molecule has 1 aromatic carbocycles. The van der Waals surface area contributed by atoms with Crippen LogP contribution in [-0.4, -0.2) is 10.1 Å². The second-order valence-electron chi connectivity index (χ2n) is 3.29. The van der Waals surface area contributed by atoms with Gasteiger partial charge in [0.05, 0.1) is 12.1 Å². The SMILES string of the molecule is Cc1[nH]c2c(F)cc(F)c(F)c2c1CO. The molecule has 0 aliphatic heterocycles. The van der Waals surface area contributed by atoms with E-state index in [2.05, 4.69) is 4.98 Å². The van der Waals surface area contributed by atoms with Gasteiger partial charge >= 0.3 is 0 Å². The van der Waals surface area contributed by atoms with Gasteiger partial charge in [-0.3, -0.25) is 0 Å². The summed E-state index contributed by atoms with van der Waals surface area (Å²) in [6, 6.07) is 0.481. The maximum absolute atomic E-state index is 13.4. The fourth-order valence-electron chi connectivity index (χ4n) is 1.65. The summed E-state index contributed by atoms with van der Waals surface area (Å²) in [5.74, 6) is -3.26. The van der Waals surface area contributed by atoms with E-state index in [4.69, 9.17) is 5.11 Å². The van der Waals surface area contributed by atoms with Crippen LogP contribution in [0.4, 0.5) is 13.2 Å². The molecule has 0 aliphatic carbocycles. The van der Waals surface area contributed by atoms with Gasteiger partial charge in [0.25, 0.3) is 0 Å². The standard InChI is InChI=1S/C10H8F3NO/c1-4-5(3-15)8-9(13)6(11)2-7(12)10(8)14-4/h2,14-15H,3H2,1H3. The Morgan fingerprint density at radius 1 is 1.27 bits per heavy atom. The maximum Gasteiger partial charge on any atom is 0.168 e. The molecule has 0 bridgehead atoms. The molecule has 2 nitrogen and oxygen atoms in total. The molecule has 0 amide bonds. The highest BCUT2D eigenvalue weighted by Crippen LogP contribution is 2.28. The summed E-state index contributed by atoms with van der Waals surface area (Å²) in [7, 11) is 0. The van der Waals surface area contributed by atoms with Crippen LogP contribution in [-0.2, 0) is 6.61 Å². The zero-order valence-corrected chi connectivity index (χ0v) is 7.87. The molecule has 1 heterocycles. The van der Waals surface area contributed by atoms with Crippen molar-refractivity contribution in [3.63, 3.8) is 0 Å². The van der Waals surface area contributed by atoms with E-state index in [0.29, 0.717) is 11.8 Å². The topological polar surface area (TPSA) is 36.0 Å². The van der Waals surface area contributed by atoms with E-state index in [9.17, 15) is 13.2 Å². The molecule has 0 saturated carbocycles. The van der Waals surface area contributed by atoms with E-state index >= 15 is 0 Å². The van der Waals surface area contributed by atoms with Crippen LogP contribution in [0.5, 0.6) is 0 Å². The third kappa shape index (κ3) is 1.31. The minimum atomic E-state index is -1.26. The van der Waals surface area contributed by atoms with E-state index < -0.39 is 24.1 Å². The molecule has 15 heavy (non-hydrogen) atoms. The molecule has 0 fully saturated rings. The summed E-state index contributed by atoms with van der Waals surface area (Å²) in [5, 5.41) is 8.76. The molecule has 0 spiro atoms. The summed E-state index contributed by atoms with van der Waals surface area (Å²) >= 11 is 0. The smallest absolute Gasteiger partial charge is 0.168 e. The number of halogens is 3. The van der Waals surface area contributed by atoms with E-state index in [1.807, 2.05) is 0 Å². The van der Waals surface area contributed by atoms with Crippen molar-refractivity contribution in [1.82, 2.24) is 4.98 Å². The van der Waals surface area contributed by atoms with Crippen molar-refractivity contribution in [2.24, 2.45) is 0 Å². The van der Waals surface area contributed by atoms with Crippen molar-refractivity contribution in [2.45, 2.75) is 13.5 Å². The number of H-pyrrole nitrogens is 1. The molecule has 0 unspecified atom stereocenters. The predicted octanol–water partition coefficient (Wildman–Crippen LogP) is 2.39. The van der Waals surface area contributed by atoms with Crippen LogP contribution in [0.25, 0.3) is 10.9 Å². The van der Waals surface area contributed by atoms with Gasteiger partial charge in [-0.05, 0) is 6.92 Å². The van der Waals surface area contributed by atoms with Crippen LogP contribution in [0, 0.1) is 24.4 Å². The highest BCUT2D eigenvalue weighted by atomic mass is 19.2. The van der Waals surface area contributed by atoms with Gasteiger partial charge < -0.3 is 10.1 Å². The molecular formula is C10H8F3NO. The third-order valence-electron chi connectivity index (χ3n) is 2.40. The van der Waals surface area contributed by atoms with E-state index in [-0.39, 0.29) is 16.5 Å². The molecule has 0 aliphatic rings. The molecule has 0 saturated heterocycles. The summed E-state index contributed by atoms with van der Waals surface area (Å²) < 4.78 is 39.5. The molecular weight excluding hydrogens is 207 g/mol. The summed E-state index contributed by atoms with van der Waals surface area (Å²) in [6.07, 6.45) is 0. The van der Waals surface area contributed by atoms with Gasteiger partial charge in [-0.25, -0.2) is 13.2 Å². The van der Waals surface area contributed by atoms with Crippen LogP contribution in [0.15, 0.2) is 6.07 Å². The quantitative estimate of drug-likeness (QED) is 0.704. The largest absolute Gasteiger partial charge is 0.392 e. The van der Waals surface area contributed by atoms with Gasteiger partial charge in [-0.15, -0.1) is 0 Å². The highest BCUT2D eigenvalue weighted by Gasteiger charge is 2.18. The first kappa shape index (κ1) is 10.0. The molecule has 0 atom stereocenters. The van der Waals surface area contributed by atoms with Gasteiger partial charge in [0.2, 0.25) is 0 Å². The number of fused-ring (bicyclic) bond motifs is 1. The fourth-order valence-corrected chi connectivity index (χ4v) is 1.65. The van der Waals surface area contributed by atoms with Crippen molar-refractivity contribution < 1.29 is 18.3 Å². The average Bonchev–Trinajstić information content (AvgIpc) is 2.52. The first-order chi connectivity index (χ1) is 7.06. The van der Waals surface area contributed by atoms with Crippen molar-refractivity contribution in [3.05, 3.63) is 34.8 Å². The first-order valence-electron chi connectivity index (χ1n) is 4.31. The summed E-state index contributed by atoms with van der Waals surface area (Å²) in [5.41, 5.74) is 0.493. The van der Waals surface area contributed by atoms with Crippen molar-refractivity contribution in [1.29, 1.82) is 0 Å². The number of aliphatic hydroxyl groups is 1. The van der Waals surface area contributed by atoms with Gasteiger partial charge in [0, 0.05) is 22.7 Å². The second kappa shape index (κ2) is 3.27.